The second-order valence-electron chi connectivity index (χ2n) is 8.26. The lowest BCUT2D eigenvalue weighted by molar-refractivity contribution is -0.131. The molecule has 0 spiro atoms. The number of aromatic amines is 1. The number of hydrogen-bond acceptors (Lipinski definition) is 7. The molecular weight excluding hydrogens is 453 g/mol. The molecule has 1 fully saturated rings. The molecule has 1 amide bonds. The number of piperazine rings is 1. The van der Waals surface area contributed by atoms with Gasteiger partial charge in [-0.1, -0.05) is 6.07 Å². The van der Waals surface area contributed by atoms with E-state index in [0.29, 0.717) is 49.9 Å². The first-order chi connectivity index (χ1) is 17.0. The fourth-order valence-electron chi connectivity index (χ4n) is 4.07. The zero-order valence-electron chi connectivity index (χ0n) is 19.8. The third-order valence-corrected chi connectivity index (χ3v) is 6.03. The van der Waals surface area contributed by atoms with E-state index in [1.807, 2.05) is 12.1 Å². The Balaban J connectivity index is 1.29. The lowest BCUT2D eigenvalue weighted by Gasteiger charge is -2.36. The van der Waals surface area contributed by atoms with Gasteiger partial charge < -0.3 is 24.3 Å². The number of ether oxygens (including phenoxy) is 2. The van der Waals surface area contributed by atoms with E-state index in [1.54, 1.807) is 37.3 Å². The summed E-state index contributed by atoms with van der Waals surface area (Å²) >= 11 is 0. The molecule has 0 unspecified atom stereocenters. The lowest BCUT2D eigenvalue weighted by Crippen LogP contribution is -2.48. The number of methoxy groups -OCH3 is 2. The van der Waals surface area contributed by atoms with Gasteiger partial charge in [0.15, 0.2) is 11.5 Å². The maximum Gasteiger partial charge on any atom is 0.272 e. The molecule has 3 aromatic rings. The van der Waals surface area contributed by atoms with Gasteiger partial charge in [0.05, 0.1) is 14.2 Å². The number of amides is 1. The number of carbonyl (C=O) groups excluding carboxylic acids is 1. The van der Waals surface area contributed by atoms with E-state index in [-0.39, 0.29) is 35.8 Å². The minimum absolute atomic E-state index is 0.0284. The lowest BCUT2D eigenvalue weighted by atomic mass is 10.1. The third-order valence-electron chi connectivity index (χ3n) is 6.03. The fourth-order valence-corrected chi connectivity index (χ4v) is 4.07. The first kappa shape index (κ1) is 24.2. The van der Waals surface area contributed by atoms with Crippen LogP contribution in [0.2, 0.25) is 0 Å². The summed E-state index contributed by atoms with van der Waals surface area (Å²) in [5.41, 5.74) is 1.72. The van der Waals surface area contributed by atoms with Gasteiger partial charge in [0, 0.05) is 51.1 Å². The minimum atomic E-state index is -0.343. The number of nitrogens with zero attached hydrogens (tertiary/aromatic N) is 4. The van der Waals surface area contributed by atoms with Crippen LogP contribution in [0.5, 0.6) is 11.5 Å². The molecule has 1 saturated heterocycles. The Bertz CT molecular complexity index is 1220. The fraction of sp³-hybridized carbons (Fsp3) is 0.360. The molecule has 184 valence electrons. The third kappa shape index (κ3) is 5.95. The predicted octanol–water partition coefficient (Wildman–Crippen LogP) is 2.19. The largest absolute Gasteiger partial charge is 0.493 e. The number of carbonyl (C=O) groups is 1. The van der Waals surface area contributed by atoms with Crippen molar-refractivity contribution >= 4 is 11.6 Å². The molecule has 1 aromatic heterocycles. The smallest absolute Gasteiger partial charge is 0.272 e. The summed E-state index contributed by atoms with van der Waals surface area (Å²) in [4.78, 5) is 31.8. The molecule has 2 heterocycles. The first-order valence-corrected chi connectivity index (χ1v) is 11.4. The van der Waals surface area contributed by atoms with Crippen LogP contribution in [0.4, 0.5) is 10.1 Å². The van der Waals surface area contributed by atoms with Crippen LogP contribution in [0.3, 0.4) is 0 Å². The molecule has 0 atom stereocenters. The topological polar surface area (TPSA) is 101 Å². The summed E-state index contributed by atoms with van der Waals surface area (Å²) in [5, 5.41) is 8.20. The molecule has 35 heavy (non-hydrogen) atoms. The summed E-state index contributed by atoms with van der Waals surface area (Å²) in [7, 11) is 3.13. The van der Waals surface area contributed by atoms with Crippen LogP contribution >= 0.6 is 0 Å². The second-order valence-corrected chi connectivity index (χ2v) is 8.26. The molecule has 0 saturated carbocycles. The maximum atomic E-state index is 13.1. The molecule has 0 bridgehead atoms. The van der Waals surface area contributed by atoms with Gasteiger partial charge in [0.25, 0.3) is 5.56 Å². The zero-order valence-corrected chi connectivity index (χ0v) is 19.8. The normalized spacial score (nSPS) is 13.6. The highest BCUT2D eigenvalue weighted by molar-refractivity contribution is 5.76. The average Bonchev–Trinajstić information content (AvgIpc) is 2.88. The Morgan fingerprint density at radius 2 is 1.71 bits per heavy atom. The number of hydrogen-bond donors (Lipinski definition) is 1. The van der Waals surface area contributed by atoms with E-state index >= 15 is 0 Å². The van der Waals surface area contributed by atoms with Crippen molar-refractivity contribution in [2.75, 3.05) is 45.3 Å². The van der Waals surface area contributed by atoms with Crippen molar-refractivity contribution in [2.24, 2.45) is 0 Å². The Hall–Kier alpha value is -3.95. The van der Waals surface area contributed by atoms with Crippen molar-refractivity contribution in [3.8, 4) is 11.5 Å². The molecule has 1 aliphatic rings. The number of halogens is 1. The van der Waals surface area contributed by atoms with E-state index < -0.39 is 0 Å². The first-order valence-electron chi connectivity index (χ1n) is 11.4. The van der Waals surface area contributed by atoms with Gasteiger partial charge in [0.1, 0.15) is 17.3 Å². The standard InChI is InChI=1S/C25H28FN5O4/c1-34-21-9-3-17(15-22(21)35-2)16-23-27-25(33)20(28-29-23)8-10-24(32)31-13-11-30(12-14-31)19-6-4-18(26)5-7-19/h3-7,9,15H,8,10-14,16H2,1-2H3,(H,27,29,33). The van der Waals surface area contributed by atoms with Gasteiger partial charge in [-0.25, -0.2) is 4.39 Å². The Morgan fingerprint density at radius 3 is 2.37 bits per heavy atom. The molecule has 0 aliphatic carbocycles. The molecule has 1 N–H and O–H groups in total. The Labute approximate surface area is 202 Å². The van der Waals surface area contributed by atoms with E-state index in [9.17, 15) is 14.0 Å². The predicted molar refractivity (Wildman–Crippen MR) is 129 cm³/mol. The van der Waals surface area contributed by atoms with Gasteiger partial charge in [-0.3, -0.25) is 9.59 Å². The molecule has 4 rings (SSSR count). The highest BCUT2D eigenvalue weighted by atomic mass is 19.1. The number of nitrogens with one attached hydrogen (secondary N) is 1. The number of aryl methyl sites for hydroxylation is 1. The number of benzene rings is 2. The number of anilines is 1. The molecular formula is C25H28FN5O4. The van der Waals surface area contributed by atoms with Crippen LogP contribution < -0.4 is 19.9 Å². The van der Waals surface area contributed by atoms with E-state index in [2.05, 4.69) is 20.1 Å². The van der Waals surface area contributed by atoms with Crippen LogP contribution in [-0.2, 0) is 17.6 Å². The van der Waals surface area contributed by atoms with Crippen molar-refractivity contribution in [1.29, 1.82) is 0 Å². The SMILES string of the molecule is COc1ccc(Cc2nnc(CCC(=O)N3CCN(c4ccc(F)cc4)CC3)c(=O)[nH]2)cc1OC. The van der Waals surface area contributed by atoms with Crippen molar-refractivity contribution < 1.29 is 18.7 Å². The molecule has 9 nitrogen and oxygen atoms in total. The summed E-state index contributed by atoms with van der Waals surface area (Å²) in [5.74, 6) is 1.34. The zero-order chi connectivity index (χ0) is 24.8. The van der Waals surface area contributed by atoms with Crippen LogP contribution in [-0.4, -0.2) is 66.4 Å². The molecule has 10 heteroatoms. The van der Waals surface area contributed by atoms with Crippen molar-refractivity contribution in [2.45, 2.75) is 19.3 Å². The summed E-state index contributed by atoms with van der Waals surface area (Å²) in [6.45, 7) is 2.48. The molecule has 0 radical (unpaired) electrons. The number of rotatable bonds is 8. The van der Waals surface area contributed by atoms with Crippen LogP contribution in [0.1, 0.15) is 23.5 Å². The van der Waals surface area contributed by atoms with Crippen molar-refractivity contribution in [3.05, 3.63) is 75.7 Å². The second kappa shape index (κ2) is 11.0. The maximum absolute atomic E-state index is 13.1. The van der Waals surface area contributed by atoms with Crippen molar-refractivity contribution in [1.82, 2.24) is 20.1 Å². The summed E-state index contributed by atoms with van der Waals surface area (Å²) in [6.07, 6.45) is 0.777. The summed E-state index contributed by atoms with van der Waals surface area (Å²) in [6, 6.07) is 11.8. The van der Waals surface area contributed by atoms with Gasteiger partial charge in [0.2, 0.25) is 5.91 Å². The highest BCUT2D eigenvalue weighted by Gasteiger charge is 2.21. The van der Waals surface area contributed by atoms with Crippen molar-refractivity contribution in [3.63, 3.8) is 0 Å². The monoisotopic (exact) mass is 481 g/mol. The molecule has 2 aromatic carbocycles. The summed E-state index contributed by atoms with van der Waals surface area (Å²) < 4.78 is 23.7. The van der Waals surface area contributed by atoms with Gasteiger partial charge in [-0.15, -0.1) is 10.2 Å². The molecule has 1 aliphatic heterocycles. The quantitative estimate of drug-likeness (QED) is 0.526. The van der Waals surface area contributed by atoms with Gasteiger partial charge in [-0.2, -0.15) is 0 Å². The minimum Gasteiger partial charge on any atom is -0.493 e. The highest BCUT2D eigenvalue weighted by Crippen LogP contribution is 2.28. The number of H-pyrrole nitrogens is 1. The van der Waals surface area contributed by atoms with E-state index in [1.165, 1.54) is 12.1 Å². The number of aromatic nitrogens is 3. The van der Waals surface area contributed by atoms with E-state index in [0.717, 1.165) is 11.3 Å². The Kier molecular flexibility index (Phi) is 7.59. The van der Waals surface area contributed by atoms with Crippen LogP contribution in [0, 0.1) is 5.82 Å². The van der Waals surface area contributed by atoms with Crippen LogP contribution in [0.25, 0.3) is 0 Å². The van der Waals surface area contributed by atoms with Crippen LogP contribution in [0.15, 0.2) is 47.3 Å². The van der Waals surface area contributed by atoms with Gasteiger partial charge >= 0.3 is 0 Å². The Morgan fingerprint density at radius 1 is 1.00 bits per heavy atom. The average molecular weight is 482 g/mol. The van der Waals surface area contributed by atoms with E-state index in [4.69, 9.17) is 9.47 Å². The van der Waals surface area contributed by atoms with Gasteiger partial charge in [-0.05, 0) is 42.0 Å².